The fraction of sp³-hybridized carbons (Fsp3) is 0.143. The Labute approximate surface area is 212 Å². The molecule has 4 aromatic rings. The van der Waals surface area contributed by atoms with Gasteiger partial charge in [-0.2, -0.15) is 16.8 Å². The van der Waals surface area contributed by atoms with Gasteiger partial charge in [0.25, 0.3) is 0 Å². The predicted octanol–water partition coefficient (Wildman–Crippen LogP) is 6.07. The van der Waals surface area contributed by atoms with Crippen LogP contribution in [0.3, 0.4) is 0 Å². The standard InChI is InChI=1S/C28H26O6S2/c1-3-24(22-12-6-4-7-13-22)25-16-10-11-17-28(25)36(31,32)34-27-20-21(2)18-19-26(27)33-35(29,30)23-14-8-5-9-15-23/h4-20,24H,3H2,1-2H3. The van der Waals surface area contributed by atoms with Gasteiger partial charge in [0.15, 0.2) is 11.5 Å². The molecule has 0 amide bonds. The Morgan fingerprint density at radius 3 is 1.92 bits per heavy atom. The van der Waals surface area contributed by atoms with Gasteiger partial charge in [0.1, 0.15) is 9.79 Å². The van der Waals surface area contributed by atoms with E-state index in [-0.39, 0.29) is 27.2 Å². The minimum Gasteiger partial charge on any atom is -0.375 e. The molecule has 6 nitrogen and oxygen atoms in total. The van der Waals surface area contributed by atoms with E-state index in [0.717, 1.165) is 5.56 Å². The van der Waals surface area contributed by atoms with Gasteiger partial charge in [-0.05, 0) is 60.4 Å². The topological polar surface area (TPSA) is 86.7 Å². The van der Waals surface area contributed by atoms with Crippen LogP contribution in [-0.4, -0.2) is 16.8 Å². The number of hydrogen-bond donors (Lipinski definition) is 0. The van der Waals surface area contributed by atoms with Gasteiger partial charge in [-0.15, -0.1) is 0 Å². The molecule has 0 saturated carbocycles. The van der Waals surface area contributed by atoms with E-state index in [1.165, 1.54) is 30.3 Å². The van der Waals surface area contributed by atoms with Crippen LogP contribution in [0.4, 0.5) is 0 Å². The summed E-state index contributed by atoms with van der Waals surface area (Å²) in [6.45, 7) is 3.73. The lowest BCUT2D eigenvalue weighted by atomic mass is 9.89. The van der Waals surface area contributed by atoms with E-state index in [2.05, 4.69) is 0 Å². The smallest absolute Gasteiger partial charge is 0.339 e. The third kappa shape index (κ3) is 5.61. The highest BCUT2D eigenvalue weighted by Crippen LogP contribution is 2.36. The fourth-order valence-electron chi connectivity index (χ4n) is 3.98. The van der Waals surface area contributed by atoms with E-state index < -0.39 is 20.2 Å². The highest BCUT2D eigenvalue weighted by atomic mass is 32.2. The van der Waals surface area contributed by atoms with Crippen molar-refractivity contribution >= 4 is 20.2 Å². The molecule has 0 spiro atoms. The van der Waals surface area contributed by atoms with Crippen molar-refractivity contribution in [1.82, 2.24) is 0 Å². The maximum absolute atomic E-state index is 13.5. The minimum atomic E-state index is -4.34. The molecule has 0 saturated heterocycles. The van der Waals surface area contributed by atoms with Crippen molar-refractivity contribution in [1.29, 1.82) is 0 Å². The molecule has 1 unspecified atom stereocenters. The highest BCUT2D eigenvalue weighted by molar-refractivity contribution is 7.87. The molecule has 0 aliphatic carbocycles. The second kappa shape index (κ2) is 10.6. The van der Waals surface area contributed by atoms with Crippen LogP contribution in [0.1, 0.15) is 36.0 Å². The van der Waals surface area contributed by atoms with Gasteiger partial charge in [-0.3, -0.25) is 0 Å². The molecule has 0 aliphatic rings. The average Bonchev–Trinajstić information content (AvgIpc) is 2.87. The summed E-state index contributed by atoms with van der Waals surface area (Å²) >= 11 is 0. The van der Waals surface area contributed by atoms with Gasteiger partial charge >= 0.3 is 20.2 Å². The first-order chi connectivity index (χ1) is 17.2. The number of rotatable bonds is 9. The summed E-state index contributed by atoms with van der Waals surface area (Å²) in [6, 6.07) is 28.4. The zero-order valence-corrected chi connectivity index (χ0v) is 21.5. The molecule has 0 bridgehead atoms. The van der Waals surface area contributed by atoms with Crippen LogP contribution in [0.2, 0.25) is 0 Å². The van der Waals surface area contributed by atoms with E-state index in [1.54, 1.807) is 49.4 Å². The monoisotopic (exact) mass is 522 g/mol. The van der Waals surface area contributed by atoms with Gasteiger partial charge < -0.3 is 8.37 Å². The molecular formula is C28H26O6S2. The maximum Gasteiger partial charge on any atom is 0.339 e. The Morgan fingerprint density at radius 2 is 1.25 bits per heavy atom. The largest absolute Gasteiger partial charge is 0.375 e. The number of hydrogen-bond acceptors (Lipinski definition) is 6. The van der Waals surface area contributed by atoms with Crippen LogP contribution in [0.5, 0.6) is 11.5 Å². The van der Waals surface area contributed by atoms with Crippen LogP contribution in [0.25, 0.3) is 0 Å². The average molecular weight is 523 g/mol. The van der Waals surface area contributed by atoms with Gasteiger partial charge in [-0.25, -0.2) is 0 Å². The normalized spacial score (nSPS) is 12.6. The molecule has 0 aliphatic heterocycles. The second-order valence-electron chi connectivity index (χ2n) is 8.25. The molecule has 186 valence electrons. The number of benzene rings is 4. The number of aryl methyl sites for hydroxylation is 1. The molecule has 1 atom stereocenters. The van der Waals surface area contributed by atoms with Crippen LogP contribution < -0.4 is 8.37 Å². The van der Waals surface area contributed by atoms with Gasteiger partial charge in [-0.1, -0.05) is 79.7 Å². The summed E-state index contributed by atoms with van der Waals surface area (Å²) in [4.78, 5) is -0.0440. The lowest BCUT2D eigenvalue weighted by Gasteiger charge is -2.20. The van der Waals surface area contributed by atoms with Crippen LogP contribution in [-0.2, 0) is 20.2 Å². The summed E-state index contributed by atoms with van der Waals surface area (Å²) in [7, 11) is -8.55. The second-order valence-corrected chi connectivity index (χ2v) is 11.3. The van der Waals surface area contributed by atoms with E-state index in [4.69, 9.17) is 8.37 Å². The predicted molar refractivity (Wildman–Crippen MR) is 138 cm³/mol. The molecule has 8 heteroatoms. The SMILES string of the molecule is CCC(c1ccccc1)c1ccccc1S(=O)(=O)Oc1cc(C)ccc1OS(=O)(=O)c1ccccc1. The molecular weight excluding hydrogens is 496 g/mol. The molecule has 0 fully saturated rings. The Hall–Kier alpha value is -3.62. The Morgan fingerprint density at radius 1 is 0.667 bits per heavy atom. The van der Waals surface area contributed by atoms with Crippen molar-refractivity contribution in [3.05, 3.63) is 120 Å². The third-order valence-corrected chi connectivity index (χ3v) is 8.26. The summed E-state index contributed by atoms with van der Waals surface area (Å²) in [5.74, 6) is -0.606. The van der Waals surface area contributed by atoms with E-state index in [1.807, 2.05) is 37.3 Å². The van der Waals surface area contributed by atoms with Crippen molar-refractivity contribution in [2.75, 3.05) is 0 Å². The van der Waals surface area contributed by atoms with Crippen molar-refractivity contribution in [3.63, 3.8) is 0 Å². The van der Waals surface area contributed by atoms with Crippen LogP contribution in [0, 0.1) is 6.92 Å². The first kappa shape index (κ1) is 25.5. The van der Waals surface area contributed by atoms with Gasteiger partial charge in [0.05, 0.1) is 0 Å². The molecule has 4 rings (SSSR count). The highest BCUT2D eigenvalue weighted by Gasteiger charge is 2.28. The summed E-state index contributed by atoms with van der Waals surface area (Å²) in [5.41, 5.74) is 2.25. The van der Waals surface area contributed by atoms with Crippen molar-refractivity contribution in [2.45, 2.75) is 36.0 Å². The zero-order chi connectivity index (χ0) is 25.8. The van der Waals surface area contributed by atoms with Gasteiger partial charge in [0, 0.05) is 5.92 Å². The lowest BCUT2D eigenvalue weighted by molar-refractivity contribution is 0.448. The molecule has 0 radical (unpaired) electrons. The van der Waals surface area contributed by atoms with E-state index >= 15 is 0 Å². The van der Waals surface area contributed by atoms with Gasteiger partial charge in [0.2, 0.25) is 0 Å². The first-order valence-corrected chi connectivity index (χ1v) is 14.2. The molecule has 0 heterocycles. The van der Waals surface area contributed by atoms with Crippen molar-refractivity contribution in [3.8, 4) is 11.5 Å². The quantitative estimate of drug-likeness (QED) is 0.248. The molecule has 4 aromatic carbocycles. The van der Waals surface area contributed by atoms with E-state index in [0.29, 0.717) is 17.5 Å². The summed E-state index contributed by atoms with van der Waals surface area (Å²) in [6.07, 6.45) is 0.671. The van der Waals surface area contributed by atoms with Crippen molar-refractivity contribution in [2.24, 2.45) is 0 Å². The lowest BCUT2D eigenvalue weighted by Crippen LogP contribution is -2.16. The fourth-order valence-corrected chi connectivity index (χ4v) is 6.14. The van der Waals surface area contributed by atoms with E-state index in [9.17, 15) is 16.8 Å². The van der Waals surface area contributed by atoms with Crippen LogP contribution in [0.15, 0.2) is 113 Å². The Balaban J connectivity index is 1.73. The summed E-state index contributed by atoms with van der Waals surface area (Å²) < 4.78 is 63.5. The minimum absolute atomic E-state index is 0.0130. The molecule has 0 aromatic heterocycles. The molecule has 36 heavy (non-hydrogen) atoms. The zero-order valence-electron chi connectivity index (χ0n) is 19.9. The maximum atomic E-state index is 13.5. The Kier molecular flexibility index (Phi) is 7.47. The first-order valence-electron chi connectivity index (χ1n) is 11.4. The third-order valence-electron chi connectivity index (χ3n) is 5.70. The summed E-state index contributed by atoms with van der Waals surface area (Å²) in [5, 5.41) is 0. The Bertz CT molecular complexity index is 1550. The van der Waals surface area contributed by atoms with Crippen LogP contribution >= 0.6 is 0 Å². The molecule has 0 N–H and O–H groups in total. The van der Waals surface area contributed by atoms with Crippen molar-refractivity contribution < 1.29 is 25.2 Å².